The van der Waals surface area contributed by atoms with Crippen LogP contribution in [0.5, 0.6) is 0 Å². The molecule has 1 saturated heterocycles. The molecule has 2 unspecified atom stereocenters. The molecule has 1 aromatic heterocycles. The number of hydrogen-bond donors (Lipinski definition) is 1. The Bertz CT molecular complexity index is 695. The summed E-state index contributed by atoms with van der Waals surface area (Å²) in [6.45, 7) is 10.4. The van der Waals surface area contributed by atoms with Gasteiger partial charge in [0.05, 0.1) is 6.26 Å². The predicted octanol–water partition coefficient (Wildman–Crippen LogP) is 4.00. The van der Waals surface area contributed by atoms with Gasteiger partial charge in [0, 0.05) is 31.7 Å². The van der Waals surface area contributed by atoms with E-state index in [1.54, 1.807) is 12.3 Å². The van der Waals surface area contributed by atoms with Gasteiger partial charge in [0.1, 0.15) is 0 Å². The van der Waals surface area contributed by atoms with Crippen LogP contribution in [0.1, 0.15) is 47.5 Å². The van der Waals surface area contributed by atoms with Crippen molar-refractivity contribution in [3.63, 3.8) is 0 Å². The van der Waals surface area contributed by atoms with E-state index < -0.39 is 0 Å². The van der Waals surface area contributed by atoms with Crippen LogP contribution in [0.4, 0.5) is 0 Å². The fourth-order valence-electron chi connectivity index (χ4n) is 3.81. The highest BCUT2D eigenvalue weighted by Crippen LogP contribution is 2.22. The van der Waals surface area contributed by atoms with E-state index in [9.17, 15) is 4.79 Å². The van der Waals surface area contributed by atoms with Crippen molar-refractivity contribution in [2.75, 3.05) is 13.1 Å². The molecule has 2 aromatic rings. The molecule has 1 amide bonds. The van der Waals surface area contributed by atoms with E-state index in [-0.39, 0.29) is 5.91 Å². The number of nitrogens with one attached hydrogen (secondary N) is 1. The Balaban J connectivity index is 1.52. The molecule has 4 heteroatoms. The molecule has 4 nitrogen and oxygen atoms in total. The molecular formula is C21H28N2O2. The van der Waals surface area contributed by atoms with E-state index in [0.29, 0.717) is 12.3 Å². The standard InChI is InChI=1S/C21H28N2O2/c1-15-10-16(2)13-23(12-15)14-19-6-4-18(5-7-19)11-22-21(24)20-17(3)8-9-25-20/h4-9,15-16H,10-14H2,1-3H3,(H,22,24). The number of aryl methyl sites for hydroxylation is 1. The first-order valence-corrected chi connectivity index (χ1v) is 9.13. The Morgan fingerprint density at radius 1 is 1.12 bits per heavy atom. The zero-order chi connectivity index (χ0) is 17.8. The van der Waals surface area contributed by atoms with Crippen LogP contribution in [0, 0.1) is 18.8 Å². The lowest BCUT2D eigenvalue weighted by Crippen LogP contribution is -2.38. The minimum atomic E-state index is -0.164. The molecule has 134 valence electrons. The van der Waals surface area contributed by atoms with Crippen molar-refractivity contribution in [1.82, 2.24) is 10.2 Å². The van der Waals surface area contributed by atoms with Crippen LogP contribution in [0.15, 0.2) is 41.0 Å². The molecule has 0 bridgehead atoms. The number of rotatable bonds is 5. The number of likely N-dealkylation sites (tertiary alicyclic amines) is 1. The highest BCUT2D eigenvalue weighted by atomic mass is 16.3. The first-order valence-electron chi connectivity index (χ1n) is 9.13. The maximum absolute atomic E-state index is 12.1. The Morgan fingerprint density at radius 3 is 2.36 bits per heavy atom. The van der Waals surface area contributed by atoms with Crippen molar-refractivity contribution in [1.29, 1.82) is 0 Å². The summed E-state index contributed by atoms with van der Waals surface area (Å²) >= 11 is 0. The maximum Gasteiger partial charge on any atom is 0.287 e. The number of piperidine rings is 1. The molecule has 0 saturated carbocycles. The van der Waals surface area contributed by atoms with Gasteiger partial charge in [0.15, 0.2) is 5.76 Å². The average Bonchev–Trinajstić information content (AvgIpc) is 2.99. The van der Waals surface area contributed by atoms with E-state index in [2.05, 4.69) is 48.3 Å². The minimum absolute atomic E-state index is 0.164. The number of nitrogens with zero attached hydrogens (tertiary/aromatic N) is 1. The molecule has 1 N–H and O–H groups in total. The van der Waals surface area contributed by atoms with E-state index in [4.69, 9.17) is 4.42 Å². The number of carbonyl (C=O) groups is 1. The van der Waals surface area contributed by atoms with Crippen molar-refractivity contribution in [3.8, 4) is 0 Å². The number of benzene rings is 1. The highest BCUT2D eigenvalue weighted by molar-refractivity contribution is 5.92. The summed E-state index contributed by atoms with van der Waals surface area (Å²) in [6, 6.07) is 10.3. The molecule has 0 radical (unpaired) electrons. The summed E-state index contributed by atoms with van der Waals surface area (Å²) in [6.07, 6.45) is 2.88. The summed E-state index contributed by atoms with van der Waals surface area (Å²) in [7, 11) is 0. The molecular weight excluding hydrogens is 312 g/mol. The van der Waals surface area contributed by atoms with Gasteiger partial charge < -0.3 is 9.73 Å². The third-order valence-corrected chi connectivity index (χ3v) is 4.90. The van der Waals surface area contributed by atoms with Gasteiger partial charge in [-0.1, -0.05) is 38.1 Å². The molecule has 1 aliphatic rings. The molecule has 1 aromatic carbocycles. The van der Waals surface area contributed by atoms with Crippen LogP contribution in [0.2, 0.25) is 0 Å². The normalized spacial score (nSPS) is 21.2. The summed E-state index contributed by atoms with van der Waals surface area (Å²) in [5.74, 6) is 1.79. The van der Waals surface area contributed by atoms with E-state index in [0.717, 1.165) is 29.5 Å². The van der Waals surface area contributed by atoms with Gasteiger partial charge >= 0.3 is 0 Å². The summed E-state index contributed by atoms with van der Waals surface area (Å²) in [4.78, 5) is 14.6. The Hall–Kier alpha value is -2.07. The van der Waals surface area contributed by atoms with E-state index in [1.807, 2.05) is 6.92 Å². The lowest BCUT2D eigenvalue weighted by molar-refractivity contribution is 0.0922. The van der Waals surface area contributed by atoms with Gasteiger partial charge in [-0.3, -0.25) is 9.69 Å². The SMILES string of the molecule is Cc1ccoc1C(=O)NCc1ccc(CN2CC(C)CC(C)C2)cc1. The Morgan fingerprint density at radius 2 is 1.76 bits per heavy atom. The summed E-state index contributed by atoms with van der Waals surface area (Å²) < 4.78 is 5.22. The second-order valence-electron chi connectivity index (χ2n) is 7.57. The first kappa shape index (κ1) is 17.7. The smallest absolute Gasteiger partial charge is 0.287 e. The van der Waals surface area contributed by atoms with Gasteiger partial charge in [-0.15, -0.1) is 0 Å². The minimum Gasteiger partial charge on any atom is -0.459 e. The molecule has 0 spiro atoms. The zero-order valence-corrected chi connectivity index (χ0v) is 15.4. The topological polar surface area (TPSA) is 45.5 Å². The number of furan rings is 1. The van der Waals surface area contributed by atoms with Gasteiger partial charge in [-0.2, -0.15) is 0 Å². The monoisotopic (exact) mass is 340 g/mol. The van der Waals surface area contributed by atoms with Gasteiger partial charge in [-0.05, 0) is 42.4 Å². The van der Waals surface area contributed by atoms with Crippen LogP contribution in [-0.2, 0) is 13.1 Å². The molecule has 2 atom stereocenters. The van der Waals surface area contributed by atoms with E-state index >= 15 is 0 Å². The van der Waals surface area contributed by atoms with Crippen LogP contribution in [0.25, 0.3) is 0 Å². The zero-order valence-electron chi connectivity index (χ0n) is 15.4. The molecule has 2 heterocycles. The second-order valence-corrected chi connectivity index (χ2v) is 7.57. The van der Waals surface area contributed by atoms with Crippen molar-refractivity contribution in [3.05, 3.63) is 59.0 Å². The van der Waals surface area contributed by atoms with Crippen LogP contribution in [-0.4, -0.2) is 23.9 Å². The van der Waals surface area contributed by atoms with Gasteiger partial charge in [0.25, 0.3) is 5.91 Å². The maximum atomic E-state index is 12.1. The summed E-state index contributed by atoms with van der Waals surface area (Å²) in [5.41, 5.74) is 3.29. The van der Waals surface area contributed by atoms with Crippen LogP contribution in [0.3, 0.4) is 0 Å². The Kier molecular flexibility index (Phi) is 5.59. The number of amides is 1. The van der Waals surface area contributed by atoms with Crippen molar-refractivity contribution < 1.29 is 9.21 Å². The van der Waals surface area contributed by atoms with Crippen molar-refractivity contribution in [2.45, 2.75) is 40.3 Å². The number of hydrogen-bond acceptors (Lipinski definition) is 3. The number of carbonyl (C=O) groups excluding carboxylic acids is 1. The fourth-order valence-corrected chi connectivity index (χ4v) is 3.81. The lowest BCUT2D eigenvalue weighted by Gasteiger charge is -2.35. The highest BCUT2D eigenvalue weighted by Gasteiger charge is 2.21. The van der Waals surface area contributed by atoms with E-state index in [1.165, 1.54) is 25.1 Å². The third kappa shape index (κ3) is 4.73. The van der Waals surface area contributed by atoms with Crippen LogP contribution >= 0.6 is 0 Å². The second kappa shape index (κ2) is 7.87. The lowest BCUT2D eigenvalue weighted by atomic mass is 9.91. The fraction of sp³-hybridized carbons (Fsp3) is 0.476. The average molecular weight is 340 g/mol. The molecule has 0 aliphatic carbocycles. The van der Waals surface area contributed by atoms with Gasteiger partial charge in [0.2, 0.25) is 0 Å². The quantitative estimate of drug-likeness (QED) is 0.895. The van der Waals surface area contributed by atoms with Crippen molar-refractivity contribution in [2.24, 2.45) is 11.8 Å². The first-order chi connectivity index (χ1) is 12.0. The molecule has 25 heavy (non-hydrogen) atoms. The molecule has 1 fully saturated rings. The largest absolute Gasteiger partial charge is 0.459 e. The van der Waals surface area contributed by atoms with Crippen LogP contribution < -0.4 is 5.32 Å². The Labute approximate surface area is 150 Å². The van der Waals surface area contributed by atoms with Gasteiger partial charge in [-0.25, -0.2) is 0 Å². The van der Waals surface area contributed by atoms with Crippen molar-refractivity contribution >= 4 is 5.91 Å². The molecule has 3 rings (SSSR count). The summed E-state index contributed by atoms with van der Waals surface area (Å²) in [5, 5.41) is 2.91. The third-order valence-electron chi connectivity index (χ3n) is 4.90. The molecule has 1 aliphatic heterocycles. The predicted molar refractivity (Wildman–Crippen MR) is 99.3 cm³/mol.